The molecule has 0 aromatic carbocycles. The Hall–Kier alpha value is -2.67. The summed E-state index contributed by atoms with van der Waals surface area (Å²) in [6, 6.07) is 7.10. The summed E-state index contributed by atoms with van der Waals surface area (Å²) in [4.78, 5) is 30.9. The molecule has 3 heterocycles. The molecule has 3 rings (SSSR count). The number of rotatable bonds is 6. The van der Waals surface area contributed by atoms with Crippen LogP contribution < -0.4 is 5.32 Å². The van der Waals surface area contributed by atoms with E-state index in [-0.39, 0.29) is 17.9 Å². The molecule has 25 heavy (non-hydrogen) atoms. The number of hydrogen-bond acceptors (Lipinski definition) is 4. The fraction of sp³-hybridized carbons (Fsp3) is 0.389. The molecular weight excluding hydrogens is 320 g/mol. The fourth-order valence-electron chi connectivity index (χ4n) is 2.97. The van der Waals surface area contributed by atoms with Crippen LogP contribution in [0.2, 0.25) is 0 Å². The summed E-state index contributed by atoms with van der Waals surface area (Å²) in [5, 5.41) is 2.91. The maximum atomic E-state index is 12.7. The van der Waals surface area contributed by atoms with E-state index < -0.39 is 0 Å². The lowest BCUT2D eigenvalue weighted by Crippen LogP contribution is -2.53. The van der Waals surface area contributed by atoms with Gasteiger partial charge in [-0.25, -0.2) is 0 Å². The topological polar surface area (TPSA) is 76.5 Å². The highest BCUT2D eigenvalue weighted by atomic mass is 16.5. The minimum absolute atomic E-state index is 0.0375. The molecule has 0 aliphatic carbocycles. The zero-order valence-corrected chi connectivity index (χ0v) is 14.4. The Balaban J connectivity index is 1.69. The van der Waals surface area contributed by atoms with Gasteiger partial charge in [0.1, 0.15) is 5.69 Å². The van der Waals surface area contributed by atoms with Crippen LogP contribution in [-0.4, -0.2) is 59.1 Å². The summed E-state index contributed by atoms with van der Waals surface area (Å²) in [7, 11) is 1.61. The van der Waals surface area contributed by atoms with Crippen molar-refractivity contribution < 1.29 is 14.3 Å². The summed E-state index contributed by atoms with van der Waals surface area (Å²) < 4.78 is 7.05. The Morgan fingerprint density at radius 3 is 2.96 bits per heavy atom. The van der Waals surface area contributed by atoms with E-state index >= 15 is 0 Å². The molecule has 1 aliphatic rings. The minimum atomic E-state index is -0.190. The van der Waals surface area contributed by atoms with Crippen LogP contribution in [0.25, 0.3) is 0 Å². The summed E-state index contributed by atoms with van der Waals surface area (Å²) >= 11 is 0. The monoisotopic (exact) mass is 342 g/mol. The zero-order valence-electron chi connectivity index (χ0n) is 14.4. The Labute approximate surface area is 146 Å². The van der Waals surface area contributed by atoms with Crippen molar-refractivity contribution in [1.29, 1.82) is 0 Å². The highest BCUT2D eigenvalue weighted by Crippen LogP contribution is 2.18. The van der Waals surface area contributed by atoms with Crippen LogP contribution in [-0.2, 0) is 11.3 Å². The molecule has 0 saturated heterocycles. The number of ether oxygens (including phenoxy) is 1. The first kappa shape index (κ1) is 17.2. The summed E-state index contributed by atoms with van der Waals surface area (Å²) in [6.45, 7) is 3.84. The maximum absolute atomic E-state index is 12.7. The fourth-order valence-corrected chi connectivity index (χ4v) is 2.97. The van der Waals surface area contributed by atoms with Crippen molar-refractivity contribution >= 4 is 11.8 Å². The van der Waals surface area contributed by atoms with E-state index in [0.717, 1.165) is 5.69 Å². The third-order valence-electron chi connectivity index (χ3n) is 4.37. The summed E-state index contributed by atoms with van der Waals surface area (Å²) in [6.07, 6.45) is 3.45. The van der Waals surface area contributed by atoms with Crippen molar-refractivity contribution in [2.45, 2.75) is 19.5 Å². The molecule has 1 N–H and O–H groups in total. The Bertz CT molecular complexity index is 754. The maximum Gasteiger partial charge on any atom is 0.270 e. The number of carbonyl (C=O) groups is 2. The lowest BCUT2D eigenvalue weighted by atomic mass is 10.1. The summed E-state index contributed by atoms with van der Waals surface area (Å²) in [5.41, 5.74) is 2.04. The van der Waals surface area contributed by atoms with E-state index in [2.05, 4.69) is 10.3 Å². The Morgan fingerprint density at radius 1 is 1.40 bits per heavy atom. The Kier molecular flexibility index (Phi) is 5.14. The first-order valence-corrected chi connectivity index (χ1v) is 8.26. The van der Waals surface area contributed by atoms with Crippen molar-refractivity contribution in [3.8, 4) is 0 Å². The van der Waals surface area contributed by atoms with Crippen LogP contribution in [0.5, 0.6) is 0 Å². The van der Waals surface area contributed by atoms with Crippen LogP contribution in [0.3, 0.4) is 0 Å². The second kappa shape index (κ2) is 7.48. The number of fused-ring (bicyclic) bond motifs is 1. The van der Waals surface area contributed by atoms with Crippen LogP contribution in [0.1, 0.15) is 26.5 Å². The molecule has 0 spiro atoms. The predicted molar refractivity (Wildman–Crippen MR) is 92.4 cm³/mol. The van der Waals surface area contributed by atoms with Gasteiger partial charge < -0.3 is 19.5 Å². The normalized spacial score (nSPS) is 16.6. The number of amides is 2. The number of hydrogen-bond donors (Lipinski definition) is 1. The van der Waals surface area contributed by atoms with Gasteiger partial charge in [-0.2, -0.15) is 0 Å². The number of methoxy groups -OCH3 is 1. The predicted octanol–water partition coefficient (Wildman–Crippen LogP) is 1.09. The van der Waals surface area contributed by atoms with Gasteiger partial charge in [-0.1, -0.05) is 0 Å². The second-order valence-electron chi connectivity index (χ2n) is 6.09. The van der Waals surface area contributed by atoms with E-state index in [1.807, 2.05) is 29.8 Å². The lowest BCUT2D eigenvalue weighted by Gasteiger charge is -2.36. The molecule has 1 unspecified atom stereocenters. The molecule has 1 aliphatic heterocycles. The van der Waals surface area contributed by atoms with E-state index in [1.165, 1.54) is 0 Å². The van der Waals surface area contributed by atoms with E-state index in [1.54, 1.807) is 30.3 Å². The second-order valence-corrected chi connectivity index (χ2v) is 6.09. The van der Waals surface area contributed by atoms with Gasteiger partial charge in [0.15, 0.2) is 0 Å². The molecule has 2 aromatic heterocycles. The number of aromatic nitrogens is 2. The molecule has 7 heteroatoms. The van der Waals surface area contributed by atoms with Crippen molar-refractivity contribution in [1.82, 2.24) is 19.8 Å². The van der Waals surface area contributed by atoms with Crippen molar-refractivity contribution in [2.24, 2.45) is 0 Å². The van der Waals surface area contributed by atoms with Crippen molar-refractivity contribution in [2.75, 3.05) is 26.8 Å². The molecular formula is C18H22N4O3. The van der Waals surface area contributed by atoms with E-state index in [0.29, 0.717) is 37.5 Å². The first-order valence-electron chi connectivity index (χ1n) is 8.26. The standard InChI is InChI=1S/C18H22N4O3/c1-13-5-6-14(10-19-13)17(23)20-11-15-12-21-7-3-4-16(21)18(24)22(15)8-9-25-2/h3-7,10,15H,8-9,11-12H2,1-2H3,(H,20,23). The number of nitrogens with one attached hydrogen (secondary N) is 1. The largest absolute Gasteiger partial charge is 0.383 e. The molecule has 7 nitrogen and oxygen atoms in total. The molecule has 0 radical (unpaired) electrons. The molecule has 2 aromatic rings. The van der Waals surface area contributed by atoms with Crippen molar-refractivity contribution in [3.63, 3.8) is 0 Å². The van der Waals surface area contributed by atoms with Crippen LogP contribution in [0, 0.1) is 6.92 Å². The number of aryl methyl sites for hydroxylation is 1. The van der Waals surface area contributed by atoms with Crippen LogP contribution >= 0.6 is 0 Å². The molecule has 0 saturated carbocycles. The molecule has 0 fully saturated rings. The van der Waals surface area contributed by atoms with Gasteiger partial charge in [-0.05, 0) is 31.2 Å². The number of pyridine rings is 1. The highest BCUT2D eigenvalue weighted by molar-refractivity contribution is 5.95. The van der Waals surface area contributed by atoms with E-state index in [9.17, 15) is 9.59 Å². The molecule has 0 bridgehead atoms. The van der Waals surface area contributed by atoms with Gasteiger partial charge in [-0.3, -0.25) is 14.6 Å². The third kappa shape index (κ3) is 3.71. The molecule has 132 valence electrons. The third-order valence-corrected chi connectivity index (χ3v) is 4.37. The average Bonchev–Trinajstić information content (AvgIpc) is 3.08. The summed E-state index contributed by atoms with van der Waals surface area (Å²) in [5.74, 6) is -0.227. The van der Waals surface area contributed by atoms with Crippen molar-refractivity contribution in [3.05, 3.63) is 53.6 Å². The smallest absolute Gasteiger partial charge is 0.270 e. The minimum Gasteiger partial charge on any atom is -0.383 e. The van der Waals surface area contributed by atoms with Gasteiger partial charge in [0, 0.05) is 44.8 Å². The SMILES string of the molecule is COCCN1C(=O)c2cccn2CC1CNC(=O)c1ccc(C)nc1. The molecule has 1 atom stereocenters. The van der Waals surface area contributed by atoms with Gasteiger partial charge in [0.05, 0.1) is 18.2 Å². The average molecular weight is 342 g/mol. The van der Waals surface area contributed by atoms with E-state index in [4.69, 9.17) is 4.74 Å². The number of nitrogens with zero attached hydrogens (tertiary/aromatic N) is 3. The quantitative estimate of drug-likeness (QED) is 0.853. The van der Waals surface area contributed by atoms with Gasteiger partial charge in [-0.15, -0.1) is 0 Å². The van der Waals surface area contributed by atoms with Gasteiger partial charge in [0.2, 0.25) is 0 Å². The lowest BCUT2D eigenvalue weighted by molar-refractivity contribution is 0.0504. The zero-order chi connectivity index (χ0) is 17.8. The highest BCUT2D eigenvalue weighted by Gasteiger charge is 2.32. The van der Waals surface area contributed by atoms with Gasteiger partial charge in [0.25, 0.3) is 11.8 Å². The van der Waals surface area contributed by atoms with Crippen LogP contribution in [0.15, 0.2) is 36.7 Å². The van der Waals surface area contributed by atoms with Crippen LogP contribution in [0.4, 0.5) is 0 Å². The molecule has 2 amide bonds. The first-order chi connectivity index (χ1) is 12.1. The van der Waals surface area contributed by atoms with Gasteiger partial charge >= 0.3 is 0 Å². The Morgan fingerprint density at radius 2 is 2.24 bits per heavy atom. The number of carbonyl (C=O) groups excluding carboxylic acids is 2.